The fourth-order valence-corrected chi connectivity index (χ4v) is 3.42. The monoisotopic (exact) mass is 514 g/mol. The molecule has 0 aliphatic heterocycles. The standard InChI is InChI=1S/C28H39N3O6/c1-20(16-21-12-9-8-10-13-21)29-25(33)35-19-31-15-11-14-22(18-31)17-23(24(32)36-27(2,3)4)30-26(34)37-28(5,6)7/h8-15,18,20,23H,16-17,19H2,1-7H3,(H-,29,30,33,34)/p+1/t20-,23-/m0/s1. The van der Waals surface area contributed by atoms with Gasteiger partial charge in [-0.15, -0.1) is 0 Å². The second-order valence-electron chi connectivity index (χ2n) is 11.0. The van der Waals surface area contributed by atoms with Crippen molar-refractivity contribution in [3.05, 3.63) is 66.0 Å². The third-order valence-electron chi connectivity index (χ3n) is 4.84. The average Bonchev–Trinajstić information content (AvgIpc) is 2.76. The highest BCUT2D eigenvalue weighted by Gasteiger charge is 2.29. The normalized spacial score (nSPS) is 13.2. The molecule has 0 aliphatic rings. The molecule has 37 heavy (non-hydrogen) atoms. The number of hydrogen-bond acceptors (Lipinski definition) is 6. The van der Waals surface area contributed by atoms with Crippen LogP contribution in [0.2, 0.25) is 0 Å². The van der Waals surface area contributed by atoms with Crippen LogP contribution in [-0.4, -0.2) is 41.4 Å². The zero-order valence-electron chi connectivity index (χ0n) is 22.9. The molecular formula is C28H40N3O6+. The van der Waals surface area contributed by atoms with Crippen molar-refractivity contribution in [2.75, 3.05) is 0 Å². The number of alkyl carbamates (subject to hydrolysis) is 2. The average molecular weight is 515 g/mol. The molecule has 0 fully saturated rings. The summed E-state index contributed by atoms with van der Waals surface area (Å²) in [4.78, 5) is 37.5. The van der Waals surface area contributed by atoms with Crippen LogP contribution >= 0.6 is 0 Å². The molecule has 2 amide bonds. The summed E-state index contributed by atoms with van der Waals surface area (Å²) in [6.45, 7) is 12.4. The number of esters is 1. The zero-order valence-corrected chi connectivity index (χ0v) is 22.9. The van der Waals surface area contributed by atoms with Gasteiger partial charge in [0.05, 0.1) is 0 Å². The highest BCUT2D eigenvalue weighted by atomic mass is 16.6. The molecule has 2 N–H and O–H groups in total. The van der Waals surface area contributed by atoms with Gasteiger partial charge in [-0.2, -0.15) is 4.57 Å². The quantitative estimate of drug-likeness (QED) is 0.297. The predicted octanol–water partition coefficient (Wildman–Crippen LogP) is 4.07. The highest BCUT2D eigenvalue weighted by molar-refractivity contribution is 5.82. The first-order chi connectivity index (χ1) is 17.2. The van der Waals surface area contributed by atoms with Crippen molar-refractivity contribution in [1.82, 2.24) is 10.6 Å². The molecule has 9 nitrogen and oxygen atoms in total. The lowest BCUT2D eigenvalue weighted by molar-refractivity contribution is -0.727. The molecule has 0 saturated carbocycles. The number of carbonyl (C=O) groups excluding carboxylic acids is 3. The van der Waals surface area contributed by atoms with E-state index >= 15 is 0 Å². The first-order valence-electron chi connectivity index (χ1n) is 12.4. The molecule has 202 valence electrons. The minimum absolute atomic E-state index is 0.0195. The third-order valence-corrected chi connectivity index (χ3v) is 4.84. The predicted molar refractivity (Wildman–Crippen MR) is 139 cm³/mol. The van der Waals surface area contributed by atoms with E-state index in [4.69, 9.17) is 14.2 Å². The van der Waals surface area contributed by atoms with Crippen LogP contribution in [-0.2, 0) is 38.6 Å². The molecule has 0 spiro atoms. The smallest absolute Gasteiger partial charge is 0.412 e. The van der Waals surface area contributed by atoms with Gasteiger partial charge in [-0.05, 0) is 66.5 Å². The van der Waals surface area contributed by atoms with E-state index in [9.17, 15) is 14.4 Å². The summed E-state index contributed by atoms with van der Waals surface area (Å²) in [5, 5.41) is 5.44. The number of aromatic nitrogens is 1. The summed E-state index contributed by atoms with van der Waals surface area (Å²) in [6, 6.07) is 12.4. The lowest BCUT2D eigenvalue weighted by Crippen LogP contribution is -2.47. The van der Waals surface area contributed by atoms with E-state index in [-0.39, 0.29) is 19.2 Å². The molecule has 0 unspecified atom stereocenters. The van der Waals surface area contributed by atoms with Gasteiger partial charge in [0.2, 0.25) is 0 Å². The van der Waals surface area contributed by atoms with Crippen molar-refractivity contribution in [2.24, 2.45) is 0 Å². The molecule has 2 atom stereocenters. The first-order valence-corrected chi connectivity index (χ1v) is 12.4. The Morgan fingerprint density at radius 2 is 1.43 bits per heavy atom. The maximum Gasteiger partial charge on any atom is 0.412 e. The summed E-state index contributed by atoms with van der Waals surface area (Å²) < 4.78 is 17.9. The van der Waals surface area contributed by atoms with Crippen molar-refractivity contribution < 1.29 is 33.2 Å². The Morgan fingerprint density at radius 3 is 2.05 bits per heavy atom. The number of hydrogen-bond donors (Lipinski definition) is 2. The van der Waals surface area contributed by atoms with E-state index < -0.39 is 35.4 Å². The summed E-state index contributed by atoms with van der Waals surface area (Å²) >= 11 is 0. The molecule has 2 aromatic rings. The Balaban J connectivity index is 1.99. The zero-order chi connectivity index (χ0) is 27.6. The van der Waals surface area contributed by atoms with Crippen molar-refractivity contribution in [2.45, 2.75) is 91.3 Å². The van der Waals surface area contributed by atoms with Gasteiger partial charge in [-0.3, -0.25) is 0 Å². The van der Waals surface area contributed by atoms with Crippen molar-refractivity contribution in [1.29, 1.82) is 0 Å². The number of carbonyl (C=O) groups is 3. The maximum absolute atomic E-state index is 12.8. The van der Waals surface area contributed by atoms with Crippen LogP contribution < -0.4 is 15.2 Å². The van der Waals surface area contributed by atoms with Crippen LogP contribution in [0.1, 0.15) is 59.6 Å². The Bertz CT molecular complexity index is 1040. The number of benzene rings is 1. The molecule has 0 radical (unpaired) electrons. The van der Waals surface area contributed by atoms with E-state index in [1.807, 2.05) is 43.3 Å². The molecule has 0 saturated heterocycles. The van der Waals surface area contributed by atoms with Gasteiger partial charge < -0.3 is 24.8 Å². The molecule has 0 bridgehead atoms. The largest absolute Gasteiger partial charge is 0.458 e. The number of ether oxygens (including phenoxy) is 3. The topological polar surface area (TPSA) is 107 Å². The molecule has 1 heterocycles. The maximum atomic E-state index is 12.8. The van der Waals surface area contributed by atoms with Crippen molar-refractivity contribution in [3.8, 4) is 0 Å². The van der Waals surface area contributed by atoms with E-state index in [0.717, 1.165) is 11.1 Å². The van der Waals surface area contributed by atoms with Gasteiger partial charge in [0.25, 0.3) is 6.73 Å². The fourth-order valence-electron chi connectivity index (χ4n) is 3.42. The van der Waals surface area contributed by atoms with Gasteiger partial charge >= 0.3 is 18.2 Å². The van der Waals surface area contributed by atoms with Crippen LogP contribution in [0.5, 0.6) is 0 Å². The minimum atomic E-state index is -0.965. The van der Waals surface area contributed by atoms with Crippen LogP contribution in [0, 0.1) is 0 Å². The molecule has 2 rings (SSSR count). The Hall–Kier alpha value is -3.62. The Labute approximate surface area is 219 Å². The van der Waals surface area contributed by atoms with E-state index in [1.165, 1.54) is 0 Å². The first kappa shape index (κ1) is 29.6. The second-order valence-corrected chi connectivity index (χ2v) is 11.0. The summed E-state index contributed by atoms with van der Waals surface area (Å²) in [5.74, 6) is -0.572. The molecule has 0 aliphatic carbocycles. The fraction of sp³-hybridized carbons (Fsp3) is 0.500. The number of pyridine rings is 1. The number of rotatable bonds is 9. The lowest BCUT2D eigenvalue weighted by atomic mass is 10.1. The van der Waals surface area contributed by atoms with E-state index in [1.54, 1.807) is 64.6 Å². The second kappa shape index (κ2) is 13.1. The van der Waals surface area contributed by atoms with Gasteiger partial charge in [0.1, 0.15) is 17.2 Å². The van der Waals surface area contributed by atoms with Crippen LogP contribution in [0.4, 0.5) is 9.59 Å². The van der Waals surface area contributed by atoms with Crippen LogP contribution in [0.3, 0.4) is 0 Å². The van der Waals surface area contributed by atoms with Crippen LogP contribution in [0.25, 0.3) is 0 Å². The molecule has 1 aromatic carbocycles. The van der Waals surface area contributed by atoms with Gasteiger partial charge in [-0.1, -0.05) is 30.3 Å². The SMILES string of the molecule is C[C@@H](Cc1ccccc1)NC(=O)OC[n+]1cccc(C[C@H](NC(=O)OC(C)(C)C)C(=O)OC(C)(C)C)c1. The van der Waals surface area contributed by atoms with Gasteiger partial charge in [0, 0.05) is 24.1 Å². The molecule has 9 heteroatoms. The third kappa shape index (κ3) is 12.3. The van der Waals surface area contributed by atoms with E-state index in [0.29, 0.717) is 6.42 Å². The van der Waals surface area contributed by atoms with Gasteiger partial charge in [0.15, 0.2) is 12.4 Å². The van der Waals surface area contributed by atoms with Crippen molar-refractivity contribution >= 4 is 18.2 Å². The molecule has 1 aromatic heterocycles. The Kier molecular flexibility index (Phi) is 10.5. The minimum Gasteiger partial charge on any atom is -0.458 e. The Morgan fingerprint density at radius 1 is 0.811 bits per heavy atom. The number of amides is 2. The van der Waals surface area contributed by atoms with E-state index in [2.05, 4.69) is 10.6 Å². The van der Waals surface area contributed by atoms with Crippen LogP contribution in [0.15, 0.2) is 54.9 Å². The summed E-state index contributed by atoms with van der Waals surface area (Å²) in [5.41, 5.74) is 0.419. The summed E-state index contributed by atoms with van der Waals surface area (Å²) in [6.07, 6.45) is 3.10. The van der Waals surface area contributed by atoms with Crippen molar-refractivity contribution in [3.63, 3.8) is 0 Å². The summed E-state index contributed by atoms with van der Waals surface area (Å²) in [7, 11) is 0. The highest BCUT2D eigenvalue weighted by Crippen LogP contribution is 2.13. The van der Waals surface area contributed by atoms with Gasteiger partial charge in [-0.25, -0.2) is 14.4 Å². The number of nitrogens with zero attached hydrogens (tertiary/aromatic N) is 1. The lowest BCUT2D eigenvalue weighted by Gasteiger charge is -2.26. The number of nitrogens with one attached hydrogen (secondary N) is 2. The molecular weight excluding hydrogens is 474 g/mol.